The highest BCUT2D eigenvalue weighted by atomic mass is 16.6. The second-order valence-corrected chi connectivity index (χ2v) is 1.31. The Morgan fingerprint density at radius 2 is 2.56 bits per heavy atom. The number of aliphatic imine (C=N–C) groups is 1. The zero-order valence-electron chi connectivity index (χ0n) is 5.00. The molecular weight excluding hydrogens is 120 g/mol. The van der Waals surface area contributed by atoms with Crippen molar-refractivity contribution < 1.29 is 9.53 Å². The minimum absolute atomic E-state index is 0.747. The second kappa shape index (κ2) is 3.61. The lowest BCUT2D eigenvalue weighted by Crippen LogP contribution is -2.14. The molecule has 0 saturated heterocycles. The number of carbonyl (C=O) groups is 1. The largest absolute Gasteiger partial charge is 0.664 e. The third-order valence-corrected chi connectivity index (χ3v) is 0.588. The number of hydrogen-bond acceptors (Lipinski definition) is 3. The van der Waals surface area contributed by atoms with E-state index in [9.17, 15) is 4.79 Å². The number of ether oxygens (including phenoxy) is 1. The maximum Gasteiger partial charge on any atom is 0.664 e. The van der Waals surface area contributed by atoms with Gasteiger partial charge in [-0.1, -0.05) is 0 Å². The van der Waals surface area contributed by atoms with E-state index in [2.05, 4.69) is 16.4 Å². The monoisotopic (exact) mass is 126 g/mol. The fourth-order valence-electron chi connectivity index (χ4n) is 0.215. The van der Waals surface area contributed by atoms with Crippen molar-refractivity contribution in [1.82, 2.24) is 4.99 Å². The van der Waals surface area contributed by atoms with Gasteiger partial charge in [-0.2, -0.15) is 10.1 Å². The molecule has 0 aliphatic rings. The Morgan fingerprint density at radius 1 is 2.00 bits per heavy atom. The summed E-state index contributed by atoms with van der Waals surface area (Å²) in [5, 5.41) is 8.09. The Labute approximate surface area is 52.8 Å². The fourth-order valence-corrected chi connectivity index (χ4v) is 0.215. The highest BCUT2D eigenvalue weighted by Gasteiger charge is 2.14. The van der Waals surface area contributed by atoms with Gasteiger partial charge in [-0.05, 0) is 6.92 Å². The fraction of sp³-hybridized carbons (Fsp3) is 0.400. The average molecular weight is 126 g/mol. The Hall–Kier alpha value is -1.37. The van der Waals surface area contributed by atoms with Crippen LogP contribution in [0.4, 0.5) is 4.79 Å². The van der Waals surface area contributed by atoms with Gasteiger partial charge < -0.3 is 4.74 Å². The summed E-state index contributed by atoms with van der Waals surface area (Å²) in [6.07, 6.45) is -1.56. The molecule has 0 spiro atoms. The van der Waals surface area contributed by atoms with Gasteiger partial charge in [0.05, 0.1) is 0 Å². The van der Waals surface area contributed by atoms with Crippen LogP contribution in [0.2, 0.25) is 0 Å². The minimum Gasteiger partial charge on any atom is -0.389 e. The first-order valence-electron chi connectivity index (χ1n) is 2.27. The zero-order chi connectivity index (χ0) is 7.28. The Kier molecular flexibility index (Phi) is 3.06. The summed E-state index contributed by atoms with van der Waals surface area (Å²) >= 11 is 0. The van der Waals surface area contributed by atoms with Crippen LogP contribution in [-0.4, -0.2) is 18.9 Å². The van der Waals surface area contributed by atoms with Crippen LogP contribution >= 0.6 is 0 Å². The highest BCUT2D eigenvalue weighted by molar-refractivity contribution is 5.70. The van der Waals surface area contributed by atoms with Crippen LogP contribution in [-0.2, 0) is 4.74 Å². The molecular formula is C5H6N2O2+. The Bertz CT molecular complexity index is 159. The van der Waals surface area contributed by atoms with Crippen LogP contribution in [0.5, 0.6) is 0 Å². The molecule has 1 atom stereocenters. The number of nitrogens with zero attached hydrogens (tertiary/aromatic N) is 2. The third-order valence-electron chi connectivity index (χ3n) is 0.588. The third kappa shape index (κ3) is 3.23. The van der Waals surface area contributed by atoms with Gasteiger partial charge >= 0.3 is 6.09 Å². The molecule has 0 bridgehead atoms. The van der Waals surface area contributed by atoms with Crippen LogP contribution in [0.15, 0.2) is 0 Å². The molecule has 9 heavy (non-hydrogen) atoms. The van der Waals surface area contributed by atoms with Crippen molar-refractivity contribution >= 4 is 12.8 Å². The number of carbonyl (C=O) groups excluding carboxylic acids is 1. The highest BCUT2D eigenvalue weighted by Crippen LogP contribution is 1.86. The van der Waals surface area contributed by atoms with Crippen molar-refractivity contribution in [2.75, 3.05) is 0 Å². The molecule has 0 aromatic heterocycles. The summed E-state index contributed by atoms with van der Waals surface area (Å²) in [6.45, 7) is 4.36. The van der Waals surface area contributed by atoms with E-state index in [0.717, 1.165) is 0 Å². The van der Waals surface area contributed by atoms with Crippen molar-refractivity contribution in [3.63, 3.8) is 0 Å². The van der Waals surface area contributed by atoms with E-state index in [1.165, 1.54) is 6.92 Å². The van der Waals surface area contributed by atoms with Crippen molar-refractivity contribution in [2.24, 2.45) is 0 Å². The minimum atomic E-state index is -0.816. The molecule has 0 fully saturated rings. The molecule has 0 rings (SSSR count). The van der Waals surface area contributed by atoms with Crippen molar-refractivity contribution in [3.8, 4) is 6.07 Å². The number of nitriles is 1. The molecule has 0 aliphatic heterocycles. The van der Waals surface area contributed by atoms with E-state index >= 15 is 0 Å². The summed E-state index contributed by atoms with van der Waals surface area (Å²) in [7, 11) is 0. The molecule has 0 aromatic rings. The predicted octanol–water partition coefficient (Wildman–Crippen LogP) is 0.0715. The standard InChI is InChI=1S/C5H6N2O2/c1-4(3-6)9-5(8)7-2/h4H,2H2,1H3/q+1. The van der Waals surface area contributed by atoms with Crippen LogP contribution in [0.3, 0.4) is 0 Å². The summed E-state index contributed by atoms with van der Waals surface area (Å²) in [6, 6.07) is 1.70. The van der Waals surface area contributed by atoms with Gasteiger partial charge in [-0.3, -0.25) is 0 Å². The van der Waals surface area contributed by atoms with Gasteiger partial charge in [-0.25, -0.2) is 0 Å². The zero-order valence-corrected chi connectivity index (χ0v) is 5.00. The maximum atomic E-state index is 10.2. The van der Waals surface area contributed by atoms with Crippen LogP contribution in [0.25, 0.3) is 0 Å². The first kappa shape index (κ1) is 7.63. The molecule has 0 aromatic carbocycles. The molecule has 0 N–H and O–H groups in total. The van der Waals surface area contributed by atoms with Gasteiger partial charge in [-0.15, -0.1) is 0 Å². The van der Waals surface area contributed by atoms with E-state index in [-0.39, 0.29) is 0 Å². The van der Waals surface area contributed by atoms with Crippen LogP contribution in [0, 0.1) is 11.3 Å². The van der Waals surface area contributed by atoms with Crippen LogP contribution in [0.1, 0.15) is 6.92 Å². The summed E-state index contributed by atoms with van der Waals surface area (Å²) < 4.78 is 4.32. The molecule has 47 valence electrons. The van der Waals surface area contributed by atoms with E-state index in [4.69, 9.17) is 5.26 Å². The van der Waals surface area contributed by atoms with Crippen LogP contribution < -0.4 is 4.99 Å². The van der Waals surface area contributed by atoms with E-state index in [1.54, 1.807) is 6.07 Å². The molecule has 0 heterocycles. The topological polar surface area (TPSA) is 64.2 Å². The first-order chi connectivity index (χ1) is 4.20. The molecule has 1 amide bonds. The Morgan fingerprint density at radius 3 is 2.89 bits per heavy atom. The van der Waals surface area contributed by atoms with E-state index < -0.39 is 12.2 Å². The normalized spacial score (nSPS) is 11.1. The molecule has 4 nitrogen and oxygen atoms in total. The van der Waals surface area contributed by atoms with Crippen molar-refractivity contribution in [3.05, 3.63) is 0 Å². The lowest BCUT2D eigenvalue weighted by Gasteiger charge is -1.92. The second-order valence-electron chi connectivity index (χ2n) is 1.31. The molecule has 0 aliphatic carbocycles. The van der Waals surface area contributed by atoms with Gasteiger partial charge in [0, 0.05) is 0 Å². The summed E-state index contributed by atoms with van der Waals surface area (Å²) in [5.41, 5.74) is 0. The van der Waals surface area contributed by atoms with Crippen molar-refractivity contribution in [1.29, 1.82) is 5.26 Å². The lowest BCUT2D eigenvalue weighted by molar-refractivity contribution is 0.136. The van der Waals surface area contributed by atoms with Gasteiger partial charge in [0.1, 0.15) is 11.1 Å². The van der Waals surface area contributed by atoms with Gasteiger partial charge in [0.25, 0.3) is 0 Å². The molecule has 1 unspecified atom stereocenters. The van der Waals surface area contributed by atoms with Gasteiger partial charge in [0.15, 0.2) is 6.10 Å². The van der Waals surface area contributed by atoms with E-state index in [0.29, 0.717) is 0 Å². The molecule has 0 saturated carbocycles. The summed E-state index contributed by atoms with van der Waals surface area (Å²) in [5.74, 6) is 0. The SMILES string of the molecule is C=[N+]C(=O)OC(C)C#N. The number of hydrogen-bond donors (Lipinski definition) is 0. The smallest absolute Gasteiger partial charge is 0.389 e. The quantitative estimate of drug-likeness (QED) is 0.467. The predicted molar refractivity (Wildman–Crippen MR) is 30.8 cm³/mol. The summed E-state index contributed by atoms with van der Waals surface area (Å²) in [4.78, 5) is 13.1. The van der Waals surface area contributed by atoms with Crippen molar-refractivity contribution in [2.45, 2.75) is 13.0 Å². The van der Waals surface area contributed by atoms with E-state index in [1.807, 2.05) is 0 Å². The molecule has 1 radical (unpaired) electrons. The number of rotatable bonds is 1. The lowest BCUT2D eigenvalue weighted by atomic mass is 10.5. The average Bonchev–Trinajstić information content (AvgIpc) is 1.87. The first-order valence-corrected chi connectivity index (χ1v) is 2.27. The Balaban J connectivity index is 3.62. The van der Waals surface area contributed by atoms with Gasteiger partial charge in [0.2, 0.25) is 6.72 Å². The molecule has 4 heteroatoms. The number of amides is 1. The maximum absolute atomic E-state index is 10.2.